The first-order chi connectivity index (χ1) is 9.02. The first-order valence-corrected chi connectivity index (χ1v) is 7.86. The molecule has 0 aromatic heterocycles. The van der Waals surface area contributed by atoms with Gasteiger partial charge in [0.05, 0.1) is 11.7 Å². The van der Waals surface area contributed by atoms with Crippen molar-refractivity contribution < 1.29 is 9.47 Å². The molecule has 1 rings (SSSR count). The third-order valence-electron chi connectivity index (χ3n) is 4.56. The van der Waals surface area contributed by atoms with Crippen molar-refractivity contribution >= 4 is 0 Å². The van der Waals surface area contributed by atoms with Crippen molar-refractivity contribution in [3.05, 3.63) is 0 Å². The van der Waals surface area contributed by atoms with Crippen LogP contribution in [0, 0.1) is 5.92 Å². The van der Waals surface area contributed by atoms with E-state index in [9.17, 15) is 0 Å². The highest BCUT2D eigenvalue weighted by Crippen LogP contribution is 2.30. The van der Waals surface area contributed by atoms with E-state index in [0.717, 1.165) is 18.9 Å². The fraction of sp³-hybridized carbons (Fsp3) is 1.00. The second-order valence-corrected chi connectivity index (χ2v) is 6.49. The minimum atomic E-state index is -0.0768. The van der Waals surface area contributed by atoms with Crippen LogP contribution in [-0.4, -0.2) is 38.5 Å². The maximum absolute atomic E-state index is 6.16. The van der Waals surface area contributed by atoms with E-state index in [4.69, 9.17) is 9.47 Å². The molecule has 3 atom stereocenters. The summed E-state index contributed by atoms with van der Waals surface area (Å²) < 4.78 is 11.6. The molecule has 3 nitrogen and oxygen atoms in total. The van der Waals surface area contributed by atoms with Gasteiger partial charge in [-0.15, -0.1) is 0 Å². The lowest BCUT2D eigenvalue weighted by molar-refractivity contribution is -0.0493. The van der Waals surface area contributed by atoms with Crippen molar-refractivity contribution in [2.75, 3.05) is 20.8 Å². The minimum Gasteiger partial charge on any atom is -0.379 e. The van der Waals surface area contributed by atoms with E-state index in [0.29, 0.717) is 12.1 Å². The van der Waals surface area contributed by atoms with Crippen LogP contribution in [0.2, 0.25) is 0 Å². The minimum absolute atomic E-state index is 0.0768. The molecule has 0 spiro atoms. The number of hydrogen-bond acceptors (Lipinski definition) is 3. The third kappa shape index (κ3) is 5.80. The fourth-order valence-corrected chi connectivity index (χ4v) is 2.95. The second kappa shape index (κ2) is 8.23. The Morgan fingerprint density at radius 3 is 2.58 bits per heavy atom. The van der Waals surface area contributed by atoms with Gasteiger partial charge in [-0.3, -0.25) is 0 Å². The van der Waals surface area contributed by atoms with Crippen LogP contribution in [0.25, 0.3) is 0 Å². The molecule has 3 heteroatoms. The highest BCUT2D eigenvalue weighted by Gasteiger charge is 2.30. The lowest BCUT2D eigenvalue weighted by atomic mass is 9.81. The van der Waals surface area contributed by atoms with Gasteiger partial charge in [0.2, 0.25) is 0 Å². The number of hydrogen-bond donors (Lipinski definition) is 1. The van der Waals surface area contributed by atoms with E-state index < -0.39 is 0 Å². The Hall–Kier alpha value is -0.120. The molecule has 0 aliphatic heterocycles. The Bertz CT molecular complexity index is 243. The van der Waals surface area contributed by atoms with E-state index in [1.54, 1.807) is 7.11 Å². The number of likely N-dealkylation sites (N-methyl/N-ethyl adjacent to an activating group) is 1. The molecule has 19 heavy (non-hydrogen) atoms. The zero-order valence-corrected chi connectivity index (χ0v) is 13.5. The molecule has 3 unspecified atom stereocenters. The maximum atomic E-state index is 6.16. The van der Waals surface area contributed by atoms with Crippen LogP contribution in [0.15, 0.2) is 0 Å². The Morgan fingerprint density at radius 2 is 2.00 bits per heavy atom. The Kier molecular flexibility index (Phi) is 7.33. The molecule has 0 saturated heterocycles. The van der Waals surface area contributed by atoms with Gasteiger partial charge in [-0.05, 0) is 52.5 Å². The lowest BCUT2D eigenvalue weighted by Crippen LogP contribution is -2.44. The smallest absolute Gasteiger partial charge is 0.0730 e. The van der Waals surface area contributed by atoms with Gasteiger partial charge < -0.3 is 14.8 Å². The molecule has 0 bridgehead atoms. The summed E-state index contributed by atoms with van der Waals surface area (Å²) in [6, 6.07) is 0.527. The van der Waals surface area contributed by atoms with Gasteiger partial charge >= 0.3 is 0 Å². The lowest BCUT2D eigenvalue weighted by Gasteiger charge is -2.36. The summed E-state index contributed by atoms with van der Waals surface area (Å²) in [6.07, 6.45) is 7.78. The monoisotopic (exact) mass is 271 g/mol. The van der Waals surface area contributed by atoms with Crippen LogP contribution in [0.3, 0.4) is 0 Å². The normalized spacial score (nSPS) is 28.6. The Morgan fingerprint density at radius 1 is 1.26 bits per heavy atom. The SMILES string of the molecule is CCCC1CCC(NC)C(OCCC(C)(C)OC)C1. The highest BCUT2D eigenvalue weighted by atomic mass is 16.5. The maximum Gasteiger partial charge on any atom is 0.0730 e. The average Bonchev–Trinajstić information content (AvgIpc) is 2.39. The van der Waals surface area contributed by atoms with Crippen molar-refractivity contribution in [2.24, 2.45) is 5.92 Å². The van der Waals surface area contributed by atoms with Crippen molar-refractivity contribution in [2.45, 2.75) is 77.0 Å². The van der Waals surface area contributed by atoms with Crippen LogP contribution < -0.4 is 5.32 Å². The van der Waals surface area contributed by atoms with Crippen molar-refractivity contribution in [3.63, 3.8) is 0 Å². The van der Waals surface area contributed by atoms with Crippen LogP contribution >= 0.6 is 0 Å². The summed E-state index contributed by atoms with van der Waals surface area (Å²) in [5, 5.41) is 3.42. The number of methoxy groups -OCH3 is 1. The van der Waals surface area contributed by atoms with Gasteiger partial charge in [0.1, 0.15) is 0 Å². The molecule has 1 N–H and O–H groups in total. The van der Waals surface area contributed by atoms with E-state index in [-0.39, 0.29) is 5.60 Å². The first kappa shape index (κ1) is 16.9. The molecule has 1 fully saturated rings. The van der Waals surface area contributed by atoms with Gasteiger partial charge in [-0.25, -0.2) is 0 Å². The van der Waals surface area contributed by atoms with Crippen LogP contribution in [0.4, 0.5) is 0 Å². The van der Waals surface area contributed by atoms with E-state index in [1.165, 1.54) is 32.1 Å². The van der Waals surface area contributed by atoms with Crippen molar-refractivity contribution in [1.82, 2.24) is 5.32 Å². The first-order valence-electron chi connectivity index (χ1n) is 7.86. The topological polar surface area (TPSA) is 30.5 Å². The molecule has 0 heterocycles. The standard InChI is InChI=1S/C16H33NO2/c1-6-7-13-8-9-14(17-4)15(12-13)19-11-10-16(2,3)18-5/h13-15,17H,6-12H2,1-5H3. The fourth-order valence-electron chi connectivity index (χ4n) is 2.95. The average molecular weight is 271 g/mol. The highest BCUT2D eigenvalue weighted by molar-refractivity contribution is 4.85. The zero-order chi connectivity index (χ0) is 14.3. The molecule has 114 valence electrons. The van der Waals surface area contributed by atoms with Gasteiger partial charge in [-0.1, -0.05) is 19.8 Å². The van der Waals surface area contributed by atoms with E-state index in [2.05, 4.69) is 33.1 Å². The summed E-state index contributed by atoms with van der Waals surface area (Å²) in [5.41, 5.74) is -0.0768. The Labute approximate surface area is 119 Å². The second-order valence-electron chi connectivity index (χ2n) is 6.49. The van der Waals surface area contributed by atoms with Crippen LogP contribution in [-0.2, 0) is 9.47 Å². The van der Waals surface area contributed by atoms with Gasteiger partial charge in [-0.2, -0.15) is 0 Å². The quantitative estimate of drug-likeness (QED) is 0.734. The third-order valence-corrected chi connectivity index (χ3v) is 4.56. The number of ether oxygens (including phenoxy) is 2. The van der Waals surface area contributed by atoms with Gasteiger partial charge in [0.25, 0.3) is 0 Å². The molecule has 0 aromatic rings. The molecular formula is C16H33NO2. The molecular weight excluding hydrogens is 238 g/mol. The largest absolute Gasteiger partial charge is 0.379 e. The molecule has 1 aliphatic carbocycles. The summed E-state index contributed by atoms with van der Waals surface area (Å²) in [4.78, 5) is 0. The van der Waals surface area contributed by atoms with Gasteiger partial charge in [0, 0.05) is 19.8 Å². The summed E-state index contributed by atoms with van der Waals surface area (Å²) >= 11 is 0. The van der Waals surface area contributed by atoms with E-state index in [1.807, 2.05) is 0 Å². The number of rotatable bonds is 8. The van der Waals surface area contributed by atoms with Crippen LogP contribution in [0.1, 0.15) is 59.3 Å². The molecule has 1 saturated carbocycles. The molecule has 0 amide bonds. The summed E-state index contributed by atoms with van der Waals surface area (Å²) in [6.45, 7) is 7.31. The summed E-state index contributed by atoms with van der Waals surface area (Å²) in [5.74, 6) is 0.857. The van der Waals surface area contributed by atoms with E-state index >= 15 is 0 Å². The van der Waals surface area contributed by atoms with Crippen molar-refractivity contribution in [3.8, 4) is 0 Å². The van der Waals surface area contributed by atoms with Crippen molar-refractivity contribution in [1.29, 1.82) is 0 Å². The zero-order valence-electron chi connectivity index (χ0n) is 13.5. The predicted molar refractivity (Wildman–Crippen MR) is 80.5 cm³/mol. The van der Waals surface area contributed by atoms with Gasteiger partial charge in [0.15, 0.2) is 0 Å². The molecule has 1 aliphatic rings. The number of nitrogens with one attached hydrogen (secondary N) is 1. The molecule has 0 radical (unpaired) electrons. The van der Waals surface area contributed by atoms with Crippen LogP contribution in [0.5, 0.6) is 0 Å². The predicted octanol–water partition coefficient (Wildman–Crippen LogP) is 3.37. The summed E-state index contributed by atoms with van der Waals surface area (Å²) in [7, 11) is 3.83. The molecule has 0 aromatic carbocycles. The Balaban J connectivity index is 2.38.